The molecule has 8 heteroatoms. The Labute approximate surface area is 148 Å². The van der Waals surface area contributed by atoms with Crippen molar-refractivity contribution in [2.45, 2.75) is 33.2 Å². The first-order valence-electron chi connectivity index (χ1n) is 7.71. The van der Waals surface area contributed by atoms with Crippen molar-refractivity contribution >= 4 is 11.7 Å². The van der Waals surface area contributed by atoms with E-state index in [1.165, 1.54) is 37.4 Å². The molecule has 2 rings (SSSR count). The maximum atomic E-state index is 12.3. The molecule has 1 N–H and O–H groups in total. The van der Waals surface area contributed by atoms with Crippen LogP contribution in [0.25, 0.3) is 0 Å². The first-order valence-corrected chi connectivity index (χ1v) is 7.71. The molecule has 0 saturated heterocycles. The highest BCUT2D eigenvalue weighted by Gasteiger charge is 2.31. The molecule has 0 saturated carbocycles. The van der Waals surface area contributed by atoms with E-state index in [1.54, 1.807) is 13.0 Å². The average molecular weight is 366 g/mol. The molecule has 1 heterocycles. The Balaban J connectivity index is 2.06. The standard InChI is InChI=1S/C18H17F3N2O3/c1-11-5-13(8-16(6-11)26-18(19,20)21)10-23-17(25)14-3-4-22-15(9-14)7-12(2)24/h3-6,8-9H,7,10H2,1-2H3,(H,23,25). The predicted octanol–water partition coefficient (Wildman–Crippen LogP) is 3.35. The van der Waals surface area contributed by atoms with Gasteiger partial charge in [-0.1, -0.05) is 6.07 Å². The fraction of sp³-hybridized carbons (Fsp3) is 0.278. The van der Waals surface area contributed by atoms with E-state index >= 15 is 0 Å². The lowest BCUT2D eigenvalue weighted by atomic mass is 10.1. The van der Waals surface area contributed by atoms with Gasteiger partial charge in [-0.15, -0.1) is 13.2 Å². The number of carbonyl (C=O) groups excluding carboxylic acids is 2. The van der Waals surface area contributed by atoms with Gasteiger partial charge in [0.1, 0.15) is 11.5 Å². The number of alkyl halides is 3. The second-order valence-electron chi connectivity index (χ2n) is 5.80. The van der Waals surface area contributed by atoms with Gasteiger partial charge in [-0.3, -0.25) is 14.6 Å². The Morgan fingerprint density at radius 3 is 2.58 bits per heavy atom. The van der Waals surface area contributed by atoms with Crippen molar-refractivity contribution in [2.75, 3.05) is 0 Å². The van der Waals surface area contributed by atoms with Crippen molar-refractivity contribution in [3.63, 3.8) is 0 Å². The fourth-order valence-electron chi connectivity index (χ4n) is 2.37. The van der Waals surface area contributed by atoms with E-state index in [1.807, 2.05) is 0 Å². The Morgan fingerprint density at radius 1 is 1.19 bits per heavy atom. The highest BCUT2D eigenvalue weighted by Crippen LogP contribution is 2.25. The van der Waals surface area contributed by atoms with Crippen molar-refractivity contribution < 1.29 is 27.5 Å². The molecule has 1 aromatic heterocycles. The number of rotatable bonds is 6. The maximum Gasteiger partial charge on any atom is 0.573 e. The number of pyridine rings is 1. The summed E-state index contributed by atoms with van der Waals surface area (Å²) in [5, 5.41) is 2.62. The zero-order chi connectivity index (χ0) is 19.3. The number of amides is 1. The van der Waals surface area contributed by atoms with Gasteiger partial charge in [0, 0.05) is 30.4 Å². The molecule has 5 nitrogen and oxygen atoms in total. The van der Waals surface area contributed by atoms with Crippen LogP contribution >= 0.6 is 0 Å². The van der Waals surface area contributed by atoms with E-state index in [9.17, 15) is 22.8 Å². The molecule has 0 unspecified atom stereocenters. The van der Waals surface area contributed by atoms with Gasteiger partial charge >= 0.3 is 6.36 Å². The van der Waals surface area contributed by atoms with Crippen molar-refractivity contribution in [2.24, 2.45) is 0 Å². The quantitative estimate of drug-likeness (QED) is 0.851. The van der Waals surface area contributed by atoms with E-state index in [0.717, 1.165) is 0 Å². The molecule has 0 atom stereocenters. The fourth-order valence-corrected chi connectivity index (χ4v) is 2.37. The normalized spacial score (nSPS) is 11.1. The average Bonchev–Trinajstić information content (AvgIpc) is 2.50. The molecule has 1 aromatic carbocycles. The first kappa shape index (κ1) is 19.4. The van der Waals surface area contributed by atoms with Gasteiger partial charge in [0.2, 0.25) is 0 Å². The first-order chi connectivity index (χ1) is 12.1. The SMILES string of the molecule is CC(=O)Cc1cc(C(=O)NCc2cc(C)cc(OC(F)(F)F)c2)ccn1. The molecule has 1 amide bonds. The summed E-state index contributed by atoms with van der Waals surface area (Å²) < 4.78 is 41.0. The predicted molar refractivity (Wildman–Crippen MR) is 87.7 cm³/mol. The van der Waals surface area contributed by atoms with Crippen molar-refractivity contribution in [1.29, 1.82) is 0 Å². The molecule has 0 spiro atoms. The molecule has 0 radical (unpaired) electrons. The minimum Gasteiger partial charge on any atom is -0.406 e. The minimum absolute atomic E-state index is 0.0269. The van der Waals surface area contributed by atoms with E-state index < -0.39 is 12.3 Å². The number of carbonyl (C=O) groups is 2. The Hall–Kier alpha value is -2.90. The number of aryl methyl sites for hydroxylation is 1. The molecule has 0 aliphatic heterocycles. The lowest BCUT2D eigenvalue weighted by molar-refractivity contribution is -0.274. The third-order valence-corrected chi connectivity index (χ3v) is 3.31. The molecule has 26 heavy (non-hydrogen) atoms. The molecule has 0 aliphatic carbocycles. The monoisotopic (exact) mass is 366 g/mol. The summed E-state index contributed by atoms with van der Waals surface area (Å²) in [7, 11) is 0. The van der Waals surface area contributed by atoms with Crippen LogP contribution in [0, 0.1) is 6.92 Å². The van der Waals surface area contributed by atoms with Crippen molar-refractivity contribution in [1.82, 2.24) is 10.3 Å². The summed E-state index contributed by atoms with van der Waals surface area (Å²) in [4.78, 5) is 27.4. The van der Waals surface area contributed by atoms with Crippen LogP contribution in [0.2, 0.25) is 0 Å². The van der Waals surface area contributed by atoms with Gasteiger partial charge in [-0.2, -0.15) is 0 Å². The third kappa shape index (κ3) is 6.19. The summed E-state index contributed by atoms with van der Waals surface area (Å²) in [6.45, 7) is 3.08. The number of nitrogens with zero attached hydrogens (tertiary/aromatic N) is 1. The molecule has 2 aromatic rings. The van der Waals surface area contributed by atoms with Gasteiger partial charge in [0.15, 0.2) is 0 Å². The molecular weight excluding hydrogens is 349 g/mol. The summed E-state index contributed by atoms with van der Waals surface area (Å²) in [6, 6.07) is 7.13. The van der Waals surface area contributed by atoms with Crippen LogP contribution in [0.4, 0.5) is 13.2 Å². The number of hydrogen-bond acceptors (Lipinski definition) is 4. The lowest BCUT2D eigenvalue weighted by Crippen LogP contribution is -2.23. The molecule has 0 aliphatic rings. The van der Waals surface area contributed by atoms with Gasteiger partial charge in [0.05, 0.1) is 0 Å². The van der Waals surface area contributed by atoms with E-state index in [0.29, 0.717) is 22.4 Å². The zero-order valence-electron chi connectivity index (χ0n) is 14.2. The summed E-state index contributed by atoms with van der Waals surface area (Å²) >= 11 is 0. The Morgan fingerprint density at radius 2 is 1.92 bits per heavy atom. The number of ether oxygens (including phenoxy) is 1. The van der Waals surface area contributed by atoms with Crippen LogP contribution in [0.5, 0.6) is 5.75 Å². The summed E-state index contributed by atoms with van der Waals surface area (Å²) in [5.41, 5.74) is 1.83. The van der Waals surface area contributed by atoms with Gasteiger partial charge < -0.3 is 10.1 Å². The molecule has 138 valence electrons. The van der Waals surface area contributed by atoms with Crippen LogP contribution in [-0.2, 0) is 17.8 Å². The number of nitrogens with one attached hydrogen (secondary N) is 1. The number of benzene rings is 1. The van der Waals surface area contributed by atoms with Crippen LogP contribution in [0.1, 0.15) is 34.1 Å². The molecule has 0 fully saturated rings. The number of aromatic nitrogens is 1. The maximum absolute atomic E-state index is 12.3. The van der Waals surface area contributed by atoms with Gasteiger partial charge in [0.25, 0.3) is 5.91 Å². The lowest BCUT2D eigenvalue weighted by Gasteiger charge is -2.12. The van der Waals surface area contributed by atoms with Crippen LogP contribution in [0.3, 0.4) is 0 Å². The van der Waals surface area contributed by atoms with Gasteiger partial charge in [-0.05, 0) is 49.2 Å². The van der Waals surface area contributed by atoms with Gasteiger partial charge in [-0.25, -0.2) is 0 Å². The van der Waals surface area contributed by atoms with E-state index in [-0.39, 0.29) is 24.5 Å². The molecular formula is C18H17F3N2O3. The minimum atomic E-state index is -4.78. The van der Waals surface area contributed by atoms with Crippen molar-refractivity contribution in [3.8, 4) is 5.75 Å². The number of Topliss-reactive ketones (excluding diaryl/α,β-unsaturated/α-hetero) is 1. The second-order valence-corrected chi connectivity index (χ2v) is 5.80. The number of hydrogen-bond donors (Lipinski definition) is 1. The van der Waals surface area contributed by atoms with Crippen molar-refractivity contribution in [3.05, 3.63) is 58.9 Å². The molecule has 0 bridgehead atoms. The highest BCUT2D eigenvalue weighted by molar-refractivity contribution is 5.94. The van der Waals surface area contributed by atoms with E-state index in [2.05, 4.69) is 15.0 Å². The zero-order valence-corrected chi connectivity index (χ0v) is 14.2. The third-order valence-electron chi connectivity index (χ3n) is 3.31. The topological polar surface area (TPSA) is 68.3 Å². The Kier molecular flexibility index (Phi) is 5.97. The summed E-state index contributed by atoms with van der Waals surface area (Å²) in [6.07, 6.45) is -3.23. The van der Waals surface area contributed by atoms with Crippen LogP contribution < -0.4 is 10.1 Å². The van der Waals surface area contributed by atoms with Crippen LogP contribution in [-0.4, -0.2) is 23.0 Å². The largest absolute Gasteiger partial charge is 0.573 e. The second kappa shape index (κ2) is 7.99. The summed E-state index contributed by atoms with van der Waals surface area (Å²) in [5.74, 6) is -0.835. The smallest absolute Gasteiger partial charge is 0.406 e. The number of halogens is 3. The number of ketones is 1. The highest BCUT2D eigenvalue weighted by atomic mass is 19.4. The van der Waals surface area contributed by atoms with Crippen LogP contribution in [0.15, 0.2) is 36.5 Å². The Bertz CT molecular complexity index is 820. The van der Waals surface area contributed by atoms with E-state index in [4.69, 9.17) is 0 Å².